The number of hydrogen-bond acceptors (Lipinski definition) is 5. The van der Waals surface area contributed by atoms with Gasteiger partial charge in [0, 0.05) is 4.88 Å². The summed E-state index contributed by atoms with van der Waals surface area (Å²) in [6.45, 7) is 3.38. The largest absolute Gasteiger partial charge is 0.486 e. The zero-order valence-corrected chi connectivity index (χ0v) is 14.4. The maximum Gasteiger partial charge on any atom is 0.230 e. The number of nitrogens with zero attached hydrogens (tertiary/aromatic N) is 1. The first-order chi connectivity index (χ1) is 11.7. The summed E-state index contributed by atoms with van der Waals surface area (Å²) < 4.78 is 11.1. The monoisotopic (exact) mass is 344 g/mol. The molecule has 5 nitrogen and oxygen atoms in total. The Balaban J connectivity index is 1.42. The number of hydrogen-bond donors (Lipinski definition) is 1. The molecule has 0 saturated carbocycles. The Labute approximate surface area is 145 Å². The minimum atomic E-state index is -0.0502. The Morgan fingerprint density at radius 3 is 3.04 bits per heavy atom. The van der Waals surface area contributed by atoms with Gasteiger partial charge in [0.15, 0.2) is 16.6 Å². The van der Waals surface area contributed by atoms with Crippen LogP contribution in [-0.4, -0.2) is 24.1 Å². The van der Waals surface area contributed by atoms with Crippen molar-refractivity contribution in [3.05, 3.63) is 34.3 Å². The summed E-state index contributed by atoms with van der Waals surface area (Å²) in [7, 11) is 0. The van der Waals surface area contributed by atoms with Gasteiger partial charge in [0.25, 0.3) is 0 Å². The zero-order chi connectivity index (χ0) is 16.5. The van der Waals surface area contributed by atoms with Crippen LogP contribution < -0.4 is 14.8 Å². The van der Waals surface area contributed by atoms with Crippen LogP contribution in [0.5, 0.6) is 11.5 Å². The van der Waals surface area contributed by atoms with Crippen molar-refractivity contribution in [2.24, 2.45) is 5.92 Å². The Hall–Kier alpha value is -2.08. The van der Waals surface area contributed by atoms with E-state index in [1.54, 1.807) is 11.3 Å². The third-order valence-corrected chi connectivity index (χ3v) is 5.44. The van der Waals surface area contributed by atoms with Crippen LogP contribution in [0.15, 0.2) is 18.2 Å². The standard InChI is InChI=1S/C18H20N2O3S/c1-11-2-4-13-16(8-11)24-18(19-13)20-17(21)10-12-3-5-14-15(9-12)23-7-6-22-14/h3,5,9,11H,2,4,6-8,10H2,1H3,(H,19,20,21)/t11-/m0/s1. The van der Waals surface area contributed by atoms with Gasteiger partial charge in [-0.05, 0) is 42.9 Å². The maximum absolute atomic E-state index is 12.3. The summed E-state index contributed by atoms with van der Waals surface area (Å²) in [5, 5.41) is 3.66. The highest BCUT2D eigenvalue weighted by Crippen LogP contribution is 2.33. The fourth-order valence-electron chi connectivity index (χ4n) is 3.14. The molecule has 0 fully saturated rings. The second-order valence-electron chi connectivity index (χ2n) is 6.44. The van der Waals surface area contributed by atoms with E-state index in [0.29, 0.717) is 31.3 Å². The van der Waals surface area contributed by atoms with E-state index in [2.05, 4.69) is 17.2 Å². The number of amides is 1. The van der Waals surface area contributed by atoms with Crippen molar-refractivity contribution in [3.8, 4) is 11.5 Å². The molecule has 1 aliphatic carbocycles. The van der Waals surface area contributed by atoms with E-state index in [9.17, 15) is 4.79 Å². The molecule has 4 rings (SSSR count). The quantitative estimate of drug-likeness (QED) is 0.929. The molecule has 0 radical (unpaired) electrons. The lowest BCUT2D eigenvalue weighted by Crippen LogP contribution is -2.17. The summed E-state index contributed by atoms with van der Waals surface area (Å²) in [6, 6.07) is 5.64. The first-order valence-corrected chi connectivity index (χ1v) is 9.16. The number of fused-ring (bicyclic) bond motifs is 2. The average Bonchev–Trinajstić information content (AvgIpc) is 2.95. The number of anilines is 1. The molecule has 1 N–H and O–H groups in total. The highest BCUT2D eigenvalue weighted by molar-refractivity contribution is 7.15. The highest BCUT2D eigenvalue weighted by Gasteiger charge is 2.20. The van der Waals surface area contributed by atoms with Gasteiger partial charge in [-0.3, -0.25) is 4.79 Å². The number of benzene rings is 1. The lowest BCUT2D eigenvalue weighted by atomic mass is 9.93. The zero-order valence-electron chi connectivity index (χ0n) is 13.6. The smallest absolute Gasteiger partial charge is 0.230 e. The minimum Gasteiger partial charge on any atom is -0.486 e. The first-order valence-electron chi connectivity index (χ1n) is 8.34. The third-order valence-electron chi connectivity index (χ3n) is 4.40. The second-order valence-corrected chi connectivity index (χ2v) is 7.52. The summed E-state index contributed by atoms with van der Waals surface area (Å²) >= 11 is 1.61. The van der Waals surface area contributed by atoms with Gasteiger partial charge in [0.1, 0.15) is 13.2 Å². The number of carbonyl (C=O) groups is 1. The highest BCUT2D eigenvalue weighted by atomic mass is 32.1. The van der Waals surface area contributed by atoms with E-state index < -0.39 is 0 Å². The topological polar surface area (TPSA) is 60.5 Å². The molecule has 1 aromatic carbocycles. The lowest BCUT2D eigenvalue weighted by molar-refractivity contribution is -0.115. The average molecular weight is 344 g/mol. The van der Waals surface area contributed by atoms with Crippen molar-refractivity contribution in [1.29, 1.82) is 0 Å². The molecule has 1 amide bonds. The van der Waals surface area contributed by atoms with Crippen LogP contribution in [0.4, 0.5) is 5.13 Å². The van der Waals surface area contributed by atoms with Crippen LogP contribution in [0.25, 0.3) is 0 Å². The van der Waals surface area contributed by atoms with Crippen LogP contribution >= 0.6 is 11.3 Å². The molecule has 2 heterocycles. The molecule has 126 valence electrons. The van der Waals surface area contributed by atoms with Gasteiger partial charge >= 0.3 is 0 Å². The number of nitrogens with one attached hydrogen (secondary N) is 1. The second kappa shape index (κ2) is 6.43. The minimum absolute atomic E-state index is 0.0502. The molecule has 2 aliphatic rings. The maximum atomic E-state index is 12.3. The molecule has 0 unspecified atom stereocenters. The summed E-state index contributed by atoms with van der Waals surface area (Å²) in [5.74, 6) is 2.11. The van der Waals surface area contributed by atoms with E-state index in [1.165, 1.54) is 11.3 Å². The normalized spacial score (nSPS) is 18.8. The van der Waals surface area contributed by atoms with Crippen molar-refractivity contribution in [1.82, 2.24) is 4.98 Å². The molecule has 2 aromatic rings. The third kappa shape index (κ3) is 3.24. The van der Waals surface area contributed by atoms with Crippen LogP contribution in [-0.2, 0) is 24.1 Å². The number of ether oxygens (including phenoxy) is 2. The van der Waals surface area contributed by atoms with E-state index in [0.717, 1.165) is 35.0 Å². The van der Waals surface area contributed by atoms with Crippen molar-refractivity contribution in [2.75, 3.05) is 18.5 Å². The van der Waals surface area contributed by atoms with Crippen molar-refractivity contribution in [2.45, 2.75) is 32.6 Å². The fourth-order valence-corrected chi connectivity index (χ4v) is 4.33. The SMILES string of the molecule is C[C@H]1CCc2nc(NC(=O)Cc3ccc4c(c3)OCCO4)sc2C1. The molecule has 6 heteroatoms. The first kappa shape index (κ1) is 15.4. The van der Waals surface area contributed by atoms with E-state index in [4.69, 9.17) is 9.47 Å². The summed E-state index contributed by atoms with van der Waals surface area (Å²) in [4.78, 5) is 18.2. The van der Waals surface area contributed by atoms with Gasteiger partial charge in [0.05, 0.1) is 12.1 Å². The van der Waals surface area contributed by atoms with Crippen molar-refractivity contribution >= 4 is 22.4 Å². The molecule has 1 aromatic heterocycles. The number of aryl methyl sites for hydroxylation is 1. The van der Waals surface area contributed by atoms with Crippen LogP contribution in [0, 0.1) is 5.92 Å². The van der Waals surface area contributed by atoms with Gasteiger partial charge in [0.2, 0.25) is 5.91 Å². The van der Waals surface area contributed by atoms with E-state index >= 15 is 0 Å². The molecular formula is C18H20N2O3S. The molecule has 0 bridgehead atoms. The van der Waals surface area contributed by atoms with E-state index in [1.807, 2.05) is 18.2 Å². The number of rotatable bonds is 3. The molecular weight excluding hydrogens is 324 g/mol. The molecule has 24 heavy (non-hydrogen) atoms. The number of thiazole rings is 1. The predicted octanol–water partition coefficient (Wildman–Crippen LogP) is 3.22. The van der Waals surface area contributed by atoms with Gasteiger partial charge in [-0.1, -0.05) is 13.0 Å². The summed E-state index contributed by atoms with van der Waals surface area (Å²) in [5.41, 5.74) is 2.07. The van der Waals surface area contributed by atoms with E-state index in [-0.39, 0.29) is 5.91 Å². The Morgan fingerprint density at radius 2 is 2.17 bits per heavy atom. The van der Waals surface area contributed by atoms with Crippen LogP contribution in [0.1, 0.15) is 29.5 Å². The predicted molar refractivity (Wildman–Crippen MR) is 93.1 cm³/mol. The fraction of sp³-hybridized carbons (Fsp3) is 0.444. The van der Waals surface area contributed by atoms with Crippen LogP contribution in [0.2, 0.25) is 0 Å². The Kier molecular flexibility index (Phi) is 4.14. The van der Waals surface area contributed by atoms with Gasteiger partial charge in [-0.15, -0.1) is 11.3 Å². The van der Waals surface area contributed by atoms with Crippen LogP contribution in [0.3, 0.4) is 0 Å². The number of aromatic nitrogens is 1. The van der Waals surface area contributed by atoms with Crippen molar-refractivity contribution < 1.29 is 14.3 Å². The molecule has 0 saturated heterocycles. The Bertz CT molecular complexity index is 772. The molecule has 1 aliphatic heterocycles. The van der Waals surface area contributed by atoms with Crippen molar-refractivity contribution in [3.63, 3.8) is 0 Å². The summed E-state index contributed by atoms with van der Waals surface area (Å²) in [6.07, 6.45) is 3.58. The lowest BCUT2D eigenvalue weighted by Gasteiger charge is -2.18. The number of carbonyl (C=O) groups excluding carboxylic acids is 1. The Morgan fingerprint density at radius 1 is 1.33 bits per heavy atom. The molecule has 0 spiro atoms. The molecule has 1 atom stereocenters. The van der Waals surface area contributed by atoms with Gasteiger partial charge in [-0.25, -0.2) is 4.98 Å². The van der Waals surface area contributed by atoms with Gasteiger partial charge < -0.3 is 14.8 Å². The van der Waals surface area contributed by atoms with Gasteiger partial charge in [-0.2, -0.15) is 0 Å².